The van der Waals surface area contributed by atoms with Crippen molar-refractivity contribution in [3.8, 4) is 0 Å². The average Bonchev–Trinajstić information content (AvgIpc) is 2.34. The summed E-state index contributed by atoms with van der Waals surface area (Å²) in [5.41, 5.74) is 2.27. The van der Waals surface area contributed by atoms with Crippen LogP contribution in [0, 0.1) is 6.92 Å². The van der Waals surface area contributed by atoms with Crippen molar-refractivity contribution in [1.82, 2.24) is 9.38 Å². The molecule has 0 aliphatic heterocycles. The number of aryl methyl sites for hydroxylation is 1. The predicted molar refractivity (Wildman–Crippen MR) is 54.4 cm³/mol. The first-order chi connectivity index (χ1) is 4.88. The van der Waals surface area contributed by atoms with Crippen molar-refractivity contribution in [1.29, 1.82) is 0 Å². The molecule has 0 saturated carbocycles. The topological polar surface area (TPSA) is 17.3 Å². The van der Waals surface area contributed by atoms with E-state index in [9.17, 15) is 0 Å². The third-order valence-electron chi connectivity index (χ3n) is 1.64. The normalized spacial score (nSPS) is 8.75. The van der Waals surface area contributed by atoms with Crippen LogP contribution in [0.25, 0.3) is 5.52 Å². The summed E-state index contributed by atoms with van der Waals surface area (Å²) in [6.45, 7) is 2.01. The minimum absolute atomic E-state index is 0. The lowest BCUT2D eigenvalue weighted by molar-refractivity contribution is 1.15. The van der Waals surface area contributed by atoms with Gasteiger partial charge in [-0.05, 0) is 19.1 Å². The van der Waals surface area contributed by atoms with Crippen molar-refractivity contribution in [3.05, 3.63) is 36.4 Å². The molecule has 0 atom stereocenters. The van der Waals surface area contributed by atoms with Gasteiger partial charge in [0.25, 0.3) is 0 Å². The van der Waals surface area contributed by atoms with Crippen LogP contribution in [-0.2, 0) is 0 Å². The Morgan fingerprint density at radius 2 is 2.00 bits per heavy atom. The van der Waals surface area contributed by atoms with Gasteiger partial charge in [0, 0.05) is 6.20 Å². The third-order valence-corrected chi connectivity index (χ3v) is 1.64. The Bertz CT molecular complexity index is 357. The molecule has 0 radical (unpaired) electrons. The quantitative estimate of drug-likeness (QED) is 0.645. The lowest BCUT2D eigenvalue weighted by atomic mass is 10.3. The van der Waals surface area contributed by atoms with Crippen LogP contribution in [-0.4, -0.2) is 9.38 Å². The van der Waals surface area contributed by atoms with Gasteiger partial charge in [-0.3, -0.25) is 0 Å². The predicted octanol–water partition coefficient (Wildman–Crippen LogP) is 2.49. The zero-order valence-corrected chi connectivity index (χ0v) is 8.23. The molecule has 0 aliphatic rings. The maximum Gasteiger partial charge on any atom is 0.0995 e. The number of fused-ring (bicyclic) bond motifs is 1. The summed E-state index contributed by atoms with van der Waals surface area (Å²) >= 11 is 0. The van der Waals surface area contributed by atoms with Gasteiger partial charge in [-0.2, -0.15) is 0 Å². The highest BCUT2D eigenvalue weighted by molar-refractivity contribution is 5.85. The molecule has 12 heavy (non-hydrogen) atoms. The van der Waals surface area contributed by atoms with E-state index in [-0.39, 0.29) is 24.8 Å². The molecule has 2 heterocycles. The Morgan fingerprint density at radius 3 is 2.67 bits per heavy atom. The first kappa shape index (κ1) is 11.3. The van der Waals surface area contributed by atoms with Crippen molar-refractivity contribution >= 4 is 30.3 Å². The summed E-state index contributed by atoms with van der Waals surface area (Å²) in [7, 11) is 0. The Kier molecular flexibility index (Phi) is 4.07. The van der Waals surface area contributed by atoms with Crippen molar-refractivity contribution in [3.63, 3.8) is 0 Å². The number of halogens is 2. The molecule has 0 unspecified atom stereocenters. The molecule has 0 fully saturated rings. The molecular formula is C8H10Cl2N2. The molecule has 2 rings (SSSR count). The van der Waals surface area contributed by atoms with E-state index in [4.69, 9.17) is 0 Å². The van der Waals surface area contributed by atoms with Crippen molar-refractivity contribution in [2.24, 2.45) is 0 Å². The summed E-state index contributed by atoms with van der Waals surface area (Å²) in [6.07, 6.45) is 3.82. The average molecular weight is 205 g/mol. The molecule has 2 aromatic rings. The van der Waals surface area contributed by atoms with Crippen LogP contribution >= 0.6 is 24.8 Å². The minimum atomic E-state index is 0. The van der Waals surface area contributed by atoms with Gasteiger partial charge in [0.1, 0.15) is 0 Å². The van der Waals surface area contributed by atoms with E-state index < -0.39 is 0 Å². The Labute approximate surface area is 83.4 Å². The lowest BCUT2D eigenvalue weighted by Crippen LogP contribution is -1.78. The Balaban J connectivity index is 0.000000605. The highest BCUT2D eigenvalue weighted by Crippen LogP contribution is 2.05. The molecule has 0 aromatic carbocycles. The summed E-state index contributed by atoms with van der Waals surface area (Å²) in [4.78, 5) is 4.16. The van der Waals surface area contributed by atoms with Crippen molar-refractivity contribution in [2.45, 2.75) is 6.92 Å². The molecular weight excluding hydrogens is 195 g/mol. The van der Waals surface area contributed by atoms with Crippen LogP contribution in [0.1, 0.15) is 5.69 Å². The van der Waals surface area contributed by atoms with Gasteiger partial charge < -0.3 is 4.40 Å². The van der Waals surface area contributed by atoms with E-state index in [0.717, 1.165) is 5.69 Å². The minimum Gasteiger partial charge on any atom is -0.306 e. The maximum absolute atomic E-state index is 4.16. The Hall–Kier alpha value is -0.730. The molecule has 0 saturated heterocycles. The summed E-state index contributed by atoms with van der Waals surface area (Å²) < 4.78 is 2.01. The standard InChI is InChI=1S/C8H8N2.2ClH/c1-7-8-4-2-3-5-10(8)6-9-7;;/h2-6H,1H3;2*1H. The molecule has 0 bridgehead atoms. The smallest absolute Gasteiger partial charge is 0.0995 e. The molecule has 0 amide bonds. The summed E-state index contributed by atoms with van der Waals surface area (Å²) in [5, 5.41) is 0. The van der Waals surface area contributed by atoms with Crippen LogP contribution in [0.15, 0.2) is 30.7 Å². The van der Waals surface area contributed by atoms with Crippen molar-refractivity contribution < 1.29 is 0 Å². The molecule has 4 heteroatoms. The van der Waals surface area contributed by atoms with Gasteiger partial charge in [-0.25, -0.2) is 4.98 Å². The first-order valence-corrected chi connectivity index (χ1v) is 3.26. The fourth-order valence-electron chi connectivity index (χ4n) is 1.08. The molecule has 2 aromatic heterocycles. The fourth-order valence-corrected chi connectivity index (χ4v) is 1.08. The number of imidazole rings is 1. The Morgan fingerprint density at radius 1 is 1.25 bits per heavy atom. The van der Waals surface area contributed by atoms with Crippen LogP contribution < -0.4 is 0 Å². The van der Waals surface area contributed by atoms with Gasteiger partial charge in [0.05, 0.1) is 17.5 Å². The number of nitrogens with zero attached hydrogens (tertiary/aromatic N) is 2. The van der Waals surface area contributed by atoms with E-state index in [1.54, 1.807) is 0 Å². The van der Waals surface area contributed by atoms with E-state index in [0.29, 0.717) is 0 Å². The second-order valence-corrected chi connectivity index (χ2v) is 2.32. The van der Waals surface area contributed by atoms with Crippen LogP contribution in [0.4, 0.5) is 0 Å². The van der Waals surface area contributed by atoms with Gasteiger partial charge >= 0.3 is 0 Å². The fraction of sp³-hybridized carbons (Fsp3) is 0.125. The van der Waals surface area contributed by atoms with Gasteiger partial charge in [0.15, 0.2) is 0 Å². The summed E-state index contributed by atoms with van der Waals surface area (Å²) in [6, 6.07) is 6.07. The van der Waals surface area contributed by atoms with E-state index in [2.05, 4.69) is 11.1 Å². The zero-order valence-electron chi connectivity index (χ0n) is 6.60. The first-order valence-electron chi connectivity index (χ1n) is 3.26. The molecule has 2 nitrogen and oxygen atoms in total. The highest BCUT2D eigenvalue weighted by atomic mass is 35.5. The van der Waals surface area contributed by atoms with E-state index >= 15 is 0 Å². The number of aromatic nitrogens is 2. The largest absolute Gasteiger partial charge is 0.306 e. The number of hydrogen-bond donors (Lipinski definition) is 0. The van der Waals surface area contributed by atoms with E-state index in [1.807, 2.05) is 36.0 Å². The van der Waals surface area contributed by atoms with Crippen LogP contribution in [0.3, 0.4) is 0 Å². The third kappa shape index (κ3) is 1.71. The molecule has 0 spiro atoms. The lowest BCUT2D eigenvalue weighted by Gasteiger charge is -1.89. The number of rotatable bonds is 0. The maximum atomic E-state index is 4.16. The van der Waals surface area contributed by atoms with Gasteiger partial charge in [-0.15, -0.1) is 24.8 Å². The number of pyridine rings is 1. The second kappa shape index (κ2) is 4.33. The second-order valence-electron chi connectivity index (χ2n) is 2.32. The SMILES string of the molecule is Cc1ncn2ccccc12.Cl.Cl. The van der Waals surface area contributed by atoms with Gasteiger partial charge in [-0.1, -0.05) is 6.07 Å². The van der Waals surface area contributed by atoms with Crippen molar-refractivity contribution in [2.75, 3.05) is 0 Å². The van der Waals surface area contributed by atoms with Crippen LogP contribution in [0.5, 0.6) is 0 Å². The van der Waals surface area contributed by atoms with E-state index in [1.165, 1.54) is 5.52 Å². The molecule has 0 N–H and O–H groups in total. The van der Waals surface area contributed by atoms with Crippen LogP contribution in [0.2, 0.25) is 0 Å². The monoisotopic (exact) mass is 204 g/mol. The summed E-state index contributed by atoms with van der Waals surface area (Å²) in [5.74, 6) is 0. The molecule has 0 aliphatic carbocycles. The highest BCUT2D eigenvalue weighted by Gasteiger charge is 1.94. The molecule has 66 valence electrons. The zero-order chi connectivity index (χ0) is 6.97. The number of hydrogen-bond acceptors (Lipinski definition) is 1. The van der Waals surface area contributed by atoms with Gasteiger partial charge in [0.2, 0.25) is 0 Å².